The van der Waals surface area contributed by atoms with E-state index in [1.807, 2.05) is 0 Å². The molecular formula is C16H27NO. The average molecular weight is 249 g/mol. The quantitative estimate of drug-likeness (QED) is 0.793. The number of methoxy groups -OCH3 is 1. The van der Waals surface area contributed by atoms with Crippen molar-refractivity contribution in [3.05, 3.63) is 29.8 Å². The molecule has 0 fully saturated rings. The zero-order valence-corrected chi connectivity index (χ0v) is 12.4. The second kappa shape index (κ2) is 7.42. The van der Waals surface area contributed by atoms with Gasteiger partial charge >= 0.3 is 0 Å². The number of ether oxygens (including phenoxy) is 1. The first-order valence-corrected chi connectivity index (χ1v) is 6.95. The molecule has 102 valence electrons. The highest BCUT2D eigenvalue weighted by Gasteiger charge is 2.18. The molecular weight excluding hydrogens is 222 g/mol. The van der Waals surface area contributed by atoms with Crippen molar-refractivity contribution in [3.8, 4) is 5.75 Å². The van der Waals surface area contributed by atoms with Crippen molar-refractivity contribution in [2.24, 2.45) is 5.92 Å². The Morgan fingerprint density at radius 3 is 2.17 bits per heavy atom. The Kier molecular flexibility index (Phi) is 6.20. The van der Waals surface area contributed by atoms with Crippen molar-refractivity contribution in [1.29, 1.82) is 0 Å². The van der Waals surface area contributed by atoms with Crippen LogP contribution in [0.1, 0.15) is 45.6 Å². The minimum Gasteiger partial charge on any atom is -0.497 e. The third kappa shape index (κ3) is 4.34. The van der Waals surface area contributed by atoms with Gasteiger partial charge < -0.3 is 10.1 Å². The molecule has 2 nitrogen and oxygen atoms in total. The van der Waals surface area contributed by atoms with Gasteiger partial charge in [0.25, 0.3) is 0 Å². The second-order valence-electron chi connectivity index (χ2n) is 5.33. The third-order valence-electron chi connectivity index (χ3n) is 3.62. The summed E-state index contributed by atoms with van der Waals surface area (Å²) in [6.07, 6.45) is 1.20. The highest BCUT2D eigenvalue weighted by molar-refractivity contribution is 5.30. The van der Waals surface area contributed by atoms with Crippen LogP contribution in [0.3, 0.4) is 0 Å². The topological polar surface area (TPSA) is 21.3 Å². The summed E-state index contributed by atoms with van der Waals surface area (Å²) in [4.78, 5) is 0. The molecule has 2 unspecified atom stereocenters. The highest BCUT2D eigenvalue weighted by Crippen LogP contribution is 2.27. The number of rotatable bonds is 7. The fourth-order valence-electron chi connectivity index (χ4n) is 2.15. The van der Waals surface area contributed by atoms with Crippen LogP contribution in [0, 0.1) is 5.92 Å². The van der Waals surface area contributed by atoms with Crippen LogP contribution in [0.25, 0.3) is 0 Å². The minimum atomic E-state index is 0.537. The number of hydrogen-bond acceptors (Lipinski definition) is 2. The Bertz CT molecular complexity index is 331. The van der Waals surface area contributed by atoms with Crippen molar-refractivity contribution in [2.75, 3.05) is 13.7 Å². The number of nitrogens with one attached hydrogen (secondary N) is 1. The summed E-state index contributed by atoms with van der Waals surface area (Å²) in [6.45, 7) is 10.0. The Labute approximate surface area is 112 Å². The summed E-state index contributed by atoms with van der Waals surface area (Å²) in [5.74, 6) is 2.19. The lowest BCUT2D eigenvalue weighted by atomic mass is 9.85. The van der Waals surface area contributed by atoms with Gasteiger partial charge in [0.2, 0.25) is 0 Å². The Morgan fingerprint density at radius 1 is 1.11 bits per heavy atom. The Balaban J connectivity index is 2.79. The maximum absolute atomic E-state index is 5.22. The van der Waals surface area contributed by atoms with E-state index in [4.69, 9.17) is 4.74 Å². The van der Waals surface area contributed by atoms with Gasteiger partial charge in [-0.1, -0.05) is 46.2 Å². The van der Waals surface area contributed by atoms with Gasteiger partial charge in [-0.25, -0.2) is 0 Å². The summed E-state index contributed by atoms with van der Waals surface area (Å²) in [6, 6.07) is 9.03. The number of hydrogen-bond donors (Lipinski definition) is 1. The Hall–Kier alpha value is -1.02. The molecule has 0 aliphatic rings. The molecule has 18 heavy (non-hydrogen) atoms. The van der Waals surface area contributed by atoms with Crippen molar-refractivity contribution >= 4 is 0 Å². The molecule has 1 N–H and O–H groups in total. The molecule has 0 radical (unpaired) electrons. The molecule has 2 heteroatoms. The van der Waals surface area contributed by atoms with Crippen LogP contribution in [0.15, 0.2) is 24.3 Å². The van der Waals surface area contributed by atoms with E-state index in [1.165, 1.54) is 12.0 Å². The van der Waals surface area contributed by atoms with Crippen molar-refractivity contribution in [1.82, 2.24) is 5.32 Å². The van der Waals surface area contributed by atoms with E-state index in [-0.39, 0.29) is 0 Å². The SMILES string of the molecule is CCC(C)C(CNC(C)C)c1ccc(OC)cc1. The van der Waals surface area contributed by atoms with Crippen LogP contribution < -0.4 is 10.1 Å². The molecule has 0 heterocycles. The minimum absolute atomic E-state index is 0.537. The maximum Gasteiger partial charge on any atom is 0.118 e. The molecule has 1 aromatic rings. The van der Waals surface area contributed by atoms with Crippen molar-refractivity contribution in [3.63, 3.8) is 0 Å². The lowest BCUT2D eigenvalue weighted by Crippen LogP contribution is -2.30. The van der Waals surface area contributed by atoms with Gasteiger partial charge in [0.05, 0.1) is 7.11 Å². The van der Waals surface area contributed by atoms with Crippen LogP contribution in [-0.4, -0.2) is 19.7 Å². The van der Waals surface area contributed by atoms with E-state index in [9.17, 15) is 0 Å². The predicted molar refractivity (Wildman–Crippen MR) is 78.3 cm³/mol. The van der Waals surface area contributed by atoms with E-state index in [2.05, 4.69) is 57.3 Å². The van der Waals surface area contributed by atoms with Gasteiger partial charge in [0, 0.05) is 12.6 Å². The third-order valence-corrected chi connectivity index (χ3v) is 3.62. The molecule has 0 aromatic heterocycles. The van der Waals surface area contributed by atoms with E-state index in [0.717, 1.165) is 12.3 Å². The summed E-state index contributed by atoms with van der Waals surface area (Å²) in [5, 5.41) is 3.56. The summed E-state index contributed by atoms with van der Waals surface area (Å²) in [5.41, 5.74) is 1.40. The molecule has 2 atom stereocenters. The lowest BCUT2D eigenvalue weighted by molar-refractivity contribution is 0.402. The first-order chi connectivity index (χ1) is 8.58. The fourth-order valence-corrected chi connectivity index (χ4v) is 2.15. The molecule has 0 saturated heterocycles. The molecule has 1 aromatic carbocycles. The molecule has 0 spiro atoms. The fraction of sp³-hybridized carbons (Fsp3) is 0.625. The zero-order chi connectivity index (χ0) is 13.5. The zero-order valence-electron chi connectivity index (χ0n) is 12.4. The van der Waals surface area contributed by atoms with E-state index in [0.29, 0.717) is 17.9 Å². The van der Waals surface area contributed by atoms with Crippen LogP contribution in [0.5, 0.6) is 5.75 Å². The molecule has 0 aliphatic carbocycles. The summed E-state index contributed by atoms with van der Waals surface area (Å²) >= 11 is 0. The maximum atomic E-state index is 5.22. The normalized spacial score (nSPS) is 14.6. The van der Waals surface area contributed by atoms with Crippen LogP contribution >= 0.6 is 0 Å². The van der Waals surface area contributed by atoms with Crippen molar-refractivity contribution in [2.45, 2.75) is 46.1 Å². The van der Waals surface area contributed by atoms with Gasteiger partial charge in [-0.15, -0.1) is 0 Å². The molecule has 0 aliphatic heterocycles. The van der Waals surface area contributed by atoms with Crippen LogP contribution in [-0.2, 0) is 0 Å². The summed E-state index contributed by atoms with van der Waals surface area (Å²) < 4.78 is 5.22. The van der Waals surface area contributed by atoms with E-state index < -0.39 is 0 Å². The van der Waals surface area contributed by atoms with Gasteiger partial charge in [0.1, 0.15) is 5.75 Å². The first-order valence-electron chi connectivity index (χ1n) is 6.95. The second-order valence-corrected chi connectivity index (χ2v) is 5.33. The van der Waals surface area contributed by atoms with E-state index in [1.54, 1.807) is 7.11 Å². The van der Waals surface area contributed by atoms with Crippen LogP contribution in [0.4, 0.5) is 0 Å². The monoisotopic (exact) mass is 249 g/mol. The molecule has 0 bridgehead atoms. The van der Waals surface area contributed by atoms with E-state index >= 15 is 0 Å². The van der Waals surface area contributed by atoms with Crippen molar-refractivity contribution < 1.29 is 4.74 Å². The smallest absolute Gasteiger partial charge is 0.118 e. The summed E-state index contributed by atoms with van der Waals surface area (Å²) in [7, 11) is 1.71. The highest BCUT2D eigenvalue weighted by atomic mass is 16.5. The molecule has 0 saturated carbocycles. The largest absolute Gasteiger partial charge is 0.497 e. The van der Waals surface area contributed by atoms with Gasteiger partial charge in [-0.05, 0) is 29.5 Å². The van der Waals surface area contributed by atoms with Gasteiger partial charge in [-0.3, -0.25) is 0 Å². The molecule has 1 rings (SSSR count). The average Bonchev–Trinajstić information content (AvgIpc) is 2.39. The Morgan fingerprint density at radius 2 is 1.72 bits per heavy atom. The predicted octanol–water partition coefficient (Wildman–Crippen LogP) is 3.82. The number of benzene rings is 1. The lowest BCUT2D eigenvalue weighted by Gasteiger charge is -2.25. The standard InChI is InChI=1S/C16H27NO/c1-6-13(4)16(11-17-12(2)3)14-7-9-15(18-5)10-8-14/h7-10,12-13,16-17H,6,11H2,1-5H3. The van der Waals surface area contributed by atoms with Gasteiger partial charge in [0.15, 0.2) is 0 Å². The van der Waals surface area contributed by atoms with Gasteiger partial charge in [-0.2, -0.15) is 0 Å². The van der Waals surface area contributed by atoms with Crippen LogP contribution in [0.2, 0.25) is 0 Å². The first kappa shape index (κ1) is 15.0. The molecule has 0 amide bonds.